The van der Waals surface area contributed by atoms with E-state index in [4.69, 9.17) is 5.84 Å². The Balaban J connectivity index is 2.01. The van der Waals surface area contributed by atoms with Gasteiger partial charge in [0.1, 0.15) is 0 Å². The number of nitrogens with zero attached hydrogens (tertiary/aromatic N) is 3. The average molecular weight is 352 g/mol. The lowest BCUT2D eigenvalue weighted by atomic mass is 10.0. The van der Waals surface area contributed by atoms with E-state index in [1.165, 1.54) is 5.69 Å². The fourth-order valence-corrected chi connectivity index (χ4v) is 3.17. The third-order valence-corrected chi connectivity index (χ3v) is 4.57. The molecule has 2 rings (SSSR count). The molecule has 0 saturated heterocycles. The molecule has 0 spiro atoms. The van der Waals surface area contributed by atoms with Crippen molar-refractivity contribution in [3.63, 3.8) is 0 Å². The fourth-order valence-electron chi connectivity index (χ4n) is 2.39. The molecule has 0 amide bonds. The van der Waals surface area contributed by atoms with Gasteiger partial charge in [-0.3, -0.25) is 20.9 Å². The normalized spacial score (nSPS) is 12.6. The van der Waals surface area contributed by atoms with Crippen LogP contribution >= 0.6 is 15.9 Å². The van der Waals surface area contributed by atoms with Crippen LogP contribution in [0, 0.1) is 0 Å². The van der Waals surface area contributed by atoms with Crippen molar-refractivity contribution in [2.45, 2.75) is 38.6 Å². The molecular formula is C15H22BrN5. The summed E-state index contributed by atoms with van der Waals surface area (Å²) in [5.74, 6) is 5.71. The summed E-state index contributed by atoms with van der Waals surface area (Å²) in [7, 11) is 1.98. The first-order valence-corrected chi connectivity index (χ1v) is 8.01. The number of pyridine rings is 1. The molecule has 114 valence electrons. The van der Waals surface area contributed by atoms with Gasteiger partial charge in [-0.1, -0.05) is 13.0 Å². The zero-order chi connectivity index (χ0) is 15.2. The van der Waals surface area contributed by atoms with Crippen LogP contribution in [0.4, 0.5) is 0 Å². The number of aromatic nitrogens is 3. The van der Waals surface area contributed by atoms with E-state index in [9.17, 15) is 0 Å². The van der Waals surface area contributed by atoms with Gasteiger partial charge in [0.05, 0.1) is 15.9 Å². The predicted octanol–water partition coefficient (Wildman–Crippen LogP) is 2.15. The zero-order valence-electron chi connectivity index (χ0n) is 12.5. The Hall–Kier alpha value is -1.24. The summed E-state index contributed by atoms with van der Waals surface area (Å²) in [4.78, 5) is 4.35. The molecule has 1 unspecified atom stereocenters. The van der Waals surface area contributed by atoms with E-state index in [2.05, 4.69) is 38.4 Å². The van der Waals surface area contributed by atoms with Crippen LogP contribution in [0.5, 0.6) is 0 Å². The van der Waals surface area contributed by atoms with E-state index >= 15 is 0 Å². The number of nitrogens with two attached hydrogens (primary N) is 1. The minimum absolute atomic E-state index is 0.198. The molecule has 0 fully saturated rings. The van der Waals surface area contributed by atoms with E-state index in [0.717, 1.165) is 41.5 Å². The third kappa shape index (κ3) is 4.12. The third-order valence-electron chi connectivity index (χ3n) is 3.65. The van der Waals surface area contributed by atoms with Gasteiger partial charge < -0.3 is 0 Å². The van der Waals surface area contributed by atoms with Crippen LogP contribution in [0.25, 0.3) is 0 Å². The molecule has 0 aromatic carbocycles. The summed E-state index contributed by atoms with van der Waals surface area (Å²) in [5, 5.41) is 4.52. The smallest absolute Gasteiger partial charge is 0.0766 e. The Morgan fingerprint density at radius 3 is 2.81 bits per heavy atom. The molecule has 6 heteroatoms. The Morgan fingerprint density at radius 1 is 1.43 bits per heavy atom. The molecular weight excluding hydrogens is 330 g/mol. The van der Waals surface area contributed by atoms with Crippen molar-refractivity contribution < 1.29 is 0 Å². The van der Waals surface area contributed by atoms with Gasteiger partial charge in [0.15, 0.2) is 0 Å². The minimum atomic E-state index is 0.198. The van der Waals surface area contributed by atoms with Crippen LogP contribution < -0.4 is 11.3 Å². The lowest BCUT2D eigenvalue weighted by molar-refractivity contribution is 0.475. The van der Waals surface area contributed by atoms with Gasteiger partial charge in [-0.25, -0.2) is 0 Å². The van der Waals surface area contributed by atoms with E-state index in [1.54, 1.807) is 0 Å². The van der Waals surface area contributed by atoms with Crippen molar-refractivity contribution in [1.29, 1.82) is 0 Å². The Morgan fingerprint density at radius 2 is 2.24 bits per heavy atom. The van der Waals surface area contributed by atoms with Gasteiger partial charge in [-0.05, 0) is 47.3 Å². The highest BCUT2D eigenvalue weighted by Gasteiger charge is 2.17. The number of halogens is 1. The van der Waals surface area contributed by atoms with E-state index in [1.807, 2.05) is 36.1 Å². The molecule has 0 bridgehead atoms. The van der Waals surface area contributed by atoms with Crippen molar-refractivity contribution >= 4 is 15.9 Å². The molecule has 2 heterocycles. The molecule has 21 heavy (non-hydrogen) atoms. The highest BCUT2D eigenvalue weighted by molar-refractivity contribution is 9.10. The molecule has 0 aliphatic rings. The second-order valence-electron chi connectivity index (χ2n) is 5.11. The molecule has 0 aliphatic carbocycles. The maximum absolute atomic E-state index is 5.71. The first kappa shape index (κ1) is 16.1. The van der Waals surface area contributed by atoms with Gasteiger partial charge in [0.2, 0.25) is 0 Å². The van der Waals surface area contributed by atoms with Crippen molar-refractivity contribution in [2.75, 3.05) is 0 Å². The summed E-state index contributed by atoms with van der Waals surface area (Å²) >= 11 is 3.65. The second kappa shape index (κ2) is 7.68. The zero-order valence-corrected chi connectivity index (χ0v) is 14.1. The fraction of sp³-hybridized carbons (Fsp3) is 0.467. The highest BCUT2D eigenvalue weighted by atomic mass is 79.9. The second-order valence-corrected chi connectivity index (χ2v) is 5.90. The summed E-state index contributed by atoms with van der Waals surface area (Å²) in [6, 6.07) is 6.19. The topological polar surface area (TPSA) is 68.8 Å². The summed E-state index contributed by atoms with van der Waals surface area (Å²) < 4.78 is 3.04. The summed E-state index contributed by atoms with van der Waals surface area (Å²) in [5.41, 5.74) is 6.27. The number of hydrogen-bond donors (Lipinski definition) is 2. The molecule has 2 aromatic rings. The van der Waals surface area contributed by atoms with Gasteiger partial charge >= 0.3 is 0 Å². The standard InChI is InChI=1S/C15H22BrN5/c1-3-13-15(16)14(21(2)20-13)10-12(19-17)8-7-11-6-4-5-9-18-11/h4-6,9,12,19H,3,7-8,10,17H2,1-2H3. The van der Waals surface area contributed by atoms with Crippen LogP contribution in [0.3, 0.4) is 0 Å². The minimum Gasteiger partial charge on any atom is -0.271 e. The van der Waals surface area contributed by atoms with Crippen LogP contribution in [-0.2, 0) is 26.3 Å². The monoisotopic (exact) mass is 351 g/mol. The van der Waals surface area contributed by atoms with Crippen LogP contribution in [-0.4, -0.2) is 20.8 Å². The van der Waals surface area contributed by atoms with Crippen molar-refractivity contribution in [2.24, 2.45) is 12.9 Å². The quantitative estimate of drug-likeness (QED) is 0.592. The van der Waals surface area contributed by atoms with Crippen molar-refractivity contribution in [3.05, 3.63) is 46.0 Å². The average Bonchev–Trinajstić information content (AvgIpc) is 2.79. The first-order chi connectivity index (χ1) is 10.2. The van der Waals surface area contributed by atoms with Gasteiger partial charge in [-0.2, -0.15) is 5.10 Å². The predicted molar refractivity (Wildman–Crippen MR) is 87.7 cm³/mol. The molecule has 0 aliphatic heterocycles. The van der Waals surface area contributed by atoms with Crippen LogP contribution in [0.2, 0.25) is 0 Å². The lowest BCUT2D eigenvalue weighted by Gasteiger charge is -2.16. The SMILES string of the molecule is CCc1nn(C)c(CC(CCc2ccccn2)NN)c1Br. The molecule has 3 N–H and O–H groups in total. The van der Waals surface area contributed by atoms with Gasteiger partial charge in [-0.15, -0.1) is 0 Å². The molecule has 1 atom stereocenters. The Bertz CT molecular complexity index is 567. The van der Waals surface area contributed by atoms with Crippen LogP contribution in [0.1, 0.15) is 30.4 Å². The number of rotatable bonds is 7. The van der Waals surface area contributed by atoms with Crippen molar-refractivity contribution in [1.82, 2.24) is 20.2 Å². The first-order valence-electron chi connectivity index (χ1n) is 7.22. The van der Waals surface area contributed by atoms with E-state index in [0.29, 0.717) is 0 Å². The Labute approximate surface area is 134 Å². The summed E-state index contributed by atoms with van der Waals surface area (Å²) in [6.45, 7) is 2.11. The van der Waals surface area contributed by atoms with Crippen LogP contribution in [0.15, 0.2) is 28.9 Å². The maximum Gasteiger partial charge on any atom is 0.0766 e. The van der Waals surface area contributed by atoms with E-state index < -0.39 is 0 Å². The largest absolute Gasteiger partial charge is 0.271 e. The molecule has 5 nitrogen and oxygen atoms in total. The number of hydrogen-bond acceptors (Lipinski definition) is 4. The molecule has 0 saturated carbocycles. The van der Waals surface area contributed by atoms with Gasteiger partial charge in [0, 0.05) is 31.4 Å². The number of aryl methyl sites for hydroxylation is 3. The molecule has 0 radical (unpaired) electrons. The maximum atomic E-state index is 5.71. The highest BCUT2D eigenvalue weighted by Crippen LogP contribution is 2.23. The number of hydrazine groups is 1. The van der Waals surface area contributed by atoms with Gasteiger partial charge in [0.25, 0.3) is 0 Å². The lowest BCUT2D eigenvalue weighted by Crippen LogP contribution is -2.37. The number of nitrogens with one attached hydrogen (secondary N) is 1. The van der Waals surface area contributed by atoms with Crippen molar-refractivity contribution in [3.8, 4) is 0 Å². The summed E-state index contributed by atoms with van der Waals surface area (Å²) in [6.07, 6.45) is 5.43. The van der Waals surface area contributed by atoms with E-state index in [-0.39, 0.29) is 6.04 Å². The molecule has 2 aromatic heterocycles. The Kier molecular flexibility index (Phi) is 5.90.